The maximum atomic E-state index is 13.6. The average molecular weight is 683 g/mol. The maximum absolute atomic E-state index is 13.6. The van der Waals surface area contributed by atoms with Crippen LogP contribution in [0.15, 0.2) is 21.9 Å². The highest BCUT2D eigenvalue weighted by Crippen LogP contribution is 2.33. The first-order chi connectivity index (χ1) is 22.9. The minimum Gasteiger partial charge on any atom is -0.480 e. The number of carbonyl (C=O) groups is 3. The molecule has 0 spiro atoms. The zero-order chi connectivity index (χ0) is 35.4. The number of hydrogen-bond donors (Lipinski definition) is 5. The molecule has 15 nitrogen and oxygen atoms in total. The second-order valence-electron chi connectivity index (χ2n) is 13.1. The van der Waals surface area contributed by atoms with Crippen molar-refractivity contribution in [1.29, 1.82) is 0 Å². The van der Waals surface area contributed by atoms with Gasteiger partial charge in [0.2, 0.25) is 5.91 Å². The van der Waals surface area contributed by atoms with E-state index < -0.39 is 77.9 Å². The van der Waals surface area contributed by atoms with Gasteiger partial charge >= 0.3 is 17.6 Å². The Morgan fingerprint density at radius 1 is 0.938 bits per heavy atom. The Balaban J connectivity index is 1.54. The number of rotatable bonds is 19. The highest BCUT2D eigenvalue weighted by atomic mass is 16.6. The fourth-order valence-corrected chi connectivity index (χ4v) is 6.63. The second-order valence-corrected chi connectivity index (χ2v) is 13.1. The summed E-state index contributed by atoms with van der Waals surface area (Å²) in [5.74, 6) is -2.84. The van der Waals surface area contributed by atoms with Gasteiger partial charge < -0.3 is 34.8 Å². The standard InChI is InChI=1S/C33H54N4O11/c1-4-5-6-7-8-9-10-11-12-13-14-15-16-17-23(39)47-21-20-35(2)25(30(43)36(3)24(21)32(44)45)26(40)29-27(41)28(42)31(48-29)37-19-18-22(38)34-33(37)46/h18-19,21,24-29,31,40-42H,4-17,20H2,1-3H3,(H,44,45)(H,34,38,46)/t21-,24-,25-,26-,27-,28+,29+,31+/m0/s1. The molecule has 0 aromatic carbocycles. The van der Waals surface area contributed by atoms with E-state index in [9.17, 15) is 44.4 Å². The molecule has 5 N–H and O–H groups in total. The molecule has 0 saturated carbocycles. The van der Waals surface area contributed by atoms with Gasteiger partial charge in [-0.15, -0.1) is 0 Å². The molecule has 2 fully saturated rings. The van der Waals surface area contributed by atoms with Gasteiger partial charge in [-0.3, -0.25) is 28.8 Å². The fourth-order valence-electron chi connectivity index (χ4n) is 6.63. The van der Waals surface area contributed by atoms with Crippen LogP contribution < -0.4 is 11.2 Å². The first-order valence-electron chi connectivity index (χ1n) is 17.3. The number of aromatic amines is 1. The monoisotopic (exact) mass is 682 g/mol. The molecule has 1 aromatic rings. The van der Waals surface area contributed by atoms with Gasteiger partial charge in [-0.25, -0.2) is 9.59 Å². The quantitative estimate of drug-likeness (QED) is 0.103. The Kier molecular flexibility index (Phi) is 15.7. The number of nitrogens with one attached hydrogen (secondary N) is 1. The number of unbranched alkanes of at least 4 members (excludes halogenated alkanes) is 12. The van der Waals surface area contributed by atoms with Crippen LogP contribution in [0, 0.1) is 0 Å². The van der Waals surface area contributed by atoms with Crippen molar-refractivity contribution >= 4 is 17.8 Å². The number of aromatic nitrogens is 2. The first-order valence-corrected chi connectivity index (χ1v) is 17.3. The molecule has 15 heteroatoms. The SMILES string of the molecule is CCCCCCCCCCCCCCCC(=O)O[C@H]1CN(C)[C@@H]([C@H](O)[C@H]2O[C@@H](n3ccc(=O)[nH]c3=O)[C@H](O)[C@@H]2O)C(=O)N(C)[C@@H]1C(=O)O. The van der Waals surface area contributed by atoms with E-state index in [2.05, 4.69) is 6.92 Å². The van der Waals surface area contributed by atoms with Crippen LogP contribution in [0.3, 0.4) is 0 Å². The summed E-state index contributed by atoms with van der Waals surface area (Å²) in [6.45, 7) is 1.98. The van der Waals surface area contributed by atoms with Gasteiger partial charge in [0, 0.05) is 32.3 Å². The third kappa shape index (κ3) is 10.4. The summed E-state index contributed by atoms with van der Waals surface area (Å²) in [7, 11) is 2.65. The van der Waals surface area contributed by atoms with Gasteiger partial charge in [-0.2, -0.15) is 0 Å². The molecule has 48 heavy (non-hydrogen) atoms. The molecule has 0 unspecified atom stereocenters. The minimum atomic E-state index is -1.81. The second kappa shape index (κ2) is 19.2. The molecule has 0 bridgehead atoms. The van der Waals surface area contributed by atoms with E-state index in [0.717, 1.165) is 47.4 Å². The summed E-state index contributed by atoms with van der Waals surface area (Å²) in [5, 5.41) is 42.7. The molecule has 1 aromatic heterocycles. The molecule has 0 radical (unpaired) electrons. The number of esters is 1. The van der Waals surface area contributed by atoms with Gasteiger partial charge in [0.15, 0.2) is 12.3 Å². The molecule has 1 amide bonds. The highest BCUT2D eigenvalue weighted by Gasteiger charge is 2.54. The summed E-state index contributed by atoms with van der Waals surface area (Å²) in [6, 6.07) is -2.02. The number of amides is 1. The molecular weight excluding hydrogens is 628 g/mol. The van der Waals surface area contributed by atoms with Crippen molar-refractivity contribution in [2.45, 2.75) is 146 Å². The molecule has 2 aliphatic rings. The number of likely N-dealkylation sites (N-methyl/N-ethyl adjacent to an activating group) is 2. The average Bonchev–Trinajstić information content (AvgIpc) is 3.27. The van der Waals surface area contributed by atoms with Gasteiger partial charge in [-0.05, 0) is 13.5 Å². The van der Waals surface area contributed by atoms with E-state index in [1.165, 1.54) is 70.4 Å². The molecule has 0 aliphatic carbocycles. The molecule has 2 aliphatic heterocycles. The largest absolute Gasteiger partial charge is 0.480 e. The summed E-state index contributed by atoms with van der Waals surface area (Å²) >= 11 is 0. The van der Waals surface area contributed by atoms with Crippen LogP contribution in [0.5, 0.6) is 0 Å². The third-order valence-corrected chi connectivity index (χ3v) is 9.39. The molecule has 2 saturated heterocycles. The molecule has 8 atom stereocenters. The van der Waals surface area contributed by atoms with Gasteiger partial charge in [-0.1, -0.05) is 84.0 Å². The fraction of sp³-hybridized carbons (Fsp3) is 0.788. The number of H-pyrrole nitrogens is 1. The molecular formula is C33H54N4O11. The Hall–Kier alpha value is -3.11. The number of carbonyl (C=O) groups excluding carboxylic acids is 2. The summed E-state index contributed by atoms with van der Waals surface area (Å²) in [5.41, 5.74) is -1.62. The number of aliphatic hydroxyl groups excluding tert-OH is 3. The van der Waals surface area contributed by atoms with Crippen LogP contribution >= 0.6 is 0 Å². The Labute approximate surface area is 280 Å². The smallest absolute Gasteiger partial charge is 0.330 e. The third-order valence-electron chi connectivity index (χ3n) is 9.39. The number of nitrogens with zero attached hydrogens (tertiary/aromatic N) is 3. The lowest BCUT2D eigenvalue weighted by Crippen LogP contribution is -2.57. The number of aliphatic hydroxyl groups is 3. The van der Waals surface area contributed by atoms with E-state index in [0.29, 0.717) is 6.42 Å². The normalized spacial score (nSPS) is 27.2. The highest BCUT2D eigenvalue weighted by molar-refractivity contribution is 5.88. The Bertz CT molecular complexity index is 1300. The van der Waals surface area contributed by atoms with Crippen LogP contribution in [-0.4, -0.2) is 121 Å². The predicted molar refractivity (Wildman–Crippen MR) is 174 cm³/mol. The van der Waals surface area contributed by atoms with Crippen molar-refractivity contribution in [3.63, 3.8) is 0 Å². The van der Waals surface area contributed by atoms with E-state index >= 15 is 0 Å². The zero-order valence-corrected chi connectivity index (χ0v) is 28.4. The van der Waals surface area contributed by atoms with Gasteiger partial charge in [0.1, 0.15) is 36.6 Å². The van der Waals surface area contributed by atoms with Crippen LogP contribution in [-0.2, 0) is 23.9 Å². The van der Waals surface area contributed by atoms with E-state index in [1.54, 1.807) is 0 Å². The van der Waals surface area contributed by atoms with Crippen molar-refractivity contribution in [2.24, 2.45) is 0 Å². The van der Waals surface area contributed by atoms with Crippen LogP contribution in [0.25, 0.3) is 0 Å². The van der Waals surface area contributed by atoms with Crippen molar-refractivity contribution in [1.82, 2.24) is 19.4 Å². The van der Waals surface area contributed by atoms with Crippen LogP contribution in [0.1, 0.15) is 103 Å². The van der Waals surface area contributed by atoms with E-state index in [-0.39, 0.29) is 13.0 Å². The minimum absolute atomic E-state index is 0.0968. The zero-order valence-electron chi connectivity index (χ0n) is 28.4. The summed E-state index contributed by atoms with van der Waals surface area (Å²) in [6.07, 6.45) is 6.45. The van der Waals surface area contributed by atoms with Crippen molar-refractivity contribution < 1.29 is 44.3 Å². The molecule has 3 heterocycles. The lowest BCUT2D eigenvalue weighted by atomic mass is 9.98. The Morgan fingerprint density at radius 3 is 2.04 bits per heavy atom. The lowest BCUT2D eigenvalue weighted by Gasteiger charge is -2.33. The number of aliphatic carboxylic acids is 1. The molecule has 272 valence electrons. The number of carboxylic acid groups (broad SMARTS) is 1. The first kappa shape index (κ1) is 39.3. The van der Waals surface area contributed by atoms with Gasteiger partial charge in [0.05, 0.1) is 0 Å². The maximum Gasteiger partial charge on any atom is 0.330 e. The lowest BCUT2D eigenvalue weighted by molar-refractivity contribution is -0.163. The van der Waals surface area contributed by atoms with Crippen LogP contribution in [0.4, 0.5) is 0 Å². The van der Waals surface area contributed by atoms with Crippen molar-refractivity contribution in [2.75, 3.05) is 20.6 Å². The van der Waals surface area contributed by atoms with Gasteiger partial charge in [0.25, 0.3) is 5.56 Å². The summed E-state index contributed by atoms with van der Waals surface area (Å²) in [4.78, 5) is 66.6. The molecule has 3 rings (SSSR count). The Morgan fingerprint density at radius 2 is 1.50 bits per heavy atom. The topological polar surface area (TPSA) is 212 Å². The van der Waals surface area contributed by atoms with Crippen LogP contribution in [0.2, 0.25) is 0 Å². The number of carboxylic acids is 1. The predicted octanol–water partition coefficient (Wildman–Crippen LogP) is 1.14. The summed E-state index contributed by atoms with van der Waals surface area (Å²) < 4.78 is 12.1. The van der Waals surface area contributed by atoms with E-state index in [4.69, 9.17) is 9.47 Å². The van der Waals surface area contributed by atoms with Crippen molar-refractivity contribution in [3.8, 4) is 0 Å². The number of hydrogen-bond acceptors (Lipinski definition) is 11. The van der Waals surface area contributed by atoms with Crippen molar-refractivity contribution in [3.05, 3.63) is 33.1 Å². The van der Waals surface area contributed by atoms with E-state index in [1.807, 2.05) is 4.98 Å². The number of ether oxygens (including phenoxy) is 2.